The predicted molar refractivity (Wildman–Crippen MR) is 83.9 cm³/mol. The number of halogens is 1. The smallest absolute Gasteiger partial charge is 0.152 e. The molecule has 0 saturated carbocycles. The molecule has 0 radical (unpaired) electrons. The number of rotatable bonds is 5. The van der Waals surface area contributed by atoms with Gasteiger partial charge in [-0.05, 0) is 43.1 Å². The van der Waals surface area contributed by atoms with Gasteiger partial charge in [-0.1, -0.05) is 6.92 Å². The van der Waals surface area contributed by atoms with Gasteiger partial charge in [0.15, 0.2) is 9.84 Å². The van der Waals surface area contributed by atoms with Crippen molar-refractivity contribution in [1.82, 2.24) is 5.32 Å². The Labute approximate surface area is 126 Å². The van der Waals surface area contributed by atoms with Gasteiger partial charge >= 0.3 is 0 Å². The Morgan fingerprint density at radius 3 is 2.86 bits per heavy atom. The lowest BCUT2D eigenvalue weighted by Crippen LogP contribution is -2.28. The molecule has 1 aromatic rings. The third kappa shape index (κ3) is 4.68. The van der Waals surface area contributed by atoms with Crippen LogP contribution in [0.3, 0.4) is 0 Å². The summed E-state index contributed by atoms with van der Waals surface area (Å²) in [5.41, 5.74) is 1.83. The Kier molecular flexibility index (Phi) is 5.58. The molecule has 1 aliphatic heterocycles. The standard InChI is InChI=1S/C15H23FN2O2S/c1-2-6-17-12-13-11-14(16)4-5-15(13)18-7-3-9-21(19,20)10-8-18/h4-5,11,17H,2-3,6-10,12H2,1H3. The molecule has 2 rings (SSSR count). The Bertz CT molecular complexity index is 575. The fourth-order valence-corrected chi connectivity index (χ4v) is 3.85. The van der Waals surface area contributed by atoms with E-state index in [0.29, 0.717) is 26.1 Å². The average molecular weight is 314 g/mol. The summed E-state index contributed by atoms with van der Waals surface area (Å²) in [4.78, 5) is 2.06. The molecule has 6 heteroatoms. The summed E-state index contributed by atoms with van der Waals surface area (Å²) in [5, 5.41) is 3.28. The summed E-state index contributed by atoms with van der Waals surface area (Å²) in [7, 11) is -2.93. The van der Waals surface area contributed by atoms with E-state index in [2.05, 4.69) is 17.1 Å². The van der Waals surface area contributed by atoms with Gasteiger partial charge in [-0.3, -0.25) is 0 Å². The first-order valence-electron chi connectivity index (χ1n) is 7.46. The van der Waals surface area contributed by atoms with E-state index in [1.165, 1.54) is 12.1 Å². The lowest BCUT2D eigenvalue weighted by molar-refractivity contribution is 0.597. The van der Waals surface area contributed by atoms with Crippen LogP contribution in [-0.2, 0) is 16.4 Å². The Morgan fingerprint density at radius 1 is 1.29 bits per heavy atom. The fraction of sp³-hybridized carbons (Fsp3) is 0.600. The first kappa shape index (κ1) is 16.2. The monoisotopic (exact) mass is 314 g/mol. The highest BCUT2D eigenvalue weighted by Crippen LogP contribution is 2.23. The van der Waals surface area contributed by atoms with Crippen LogP contribution in [-0.4, -0.2) is 39.6 Å². The zero-order chi connectivity index (χ0) is 15.3. The van der Waals surface area contributed by atoms with Crippen molar-refractivity contribution in [3.63, 3.8) is 0 Å². The molecule has 1 fully saturated rings. The van der Waals surface area contributed by atoms with E-state index in [9.17, 15) is 12.8 Å². The fourth-order valence-electron chi connectivity index (χ4n) is 2.58. The molecule has 0 aromatic heterocycles. The molecule has 1 N–H and O–H groups in total. The van der Waals surface area contributed by atoms with Crippen molar-refractivity contribution in [3.05, 3.63) is 29.6 Å². The molecule has 1 aromatic carbocycles. The zero-order valence-corrected chi connectivity index (χ0v) is 13.3. The van der Waals surface area contributed by atoms with Crippen molar-refractivity contribution >= 4 is 15.5 Å². The lowest BCUT2D eigenvalue weighted by Gasteiger charge is -2.25. The van der Waals surface area contributed by atoms with Gasteiger partial charge in [0.25, 0.3) is 0 Å². The maximum absolute atomic E-state index is 13.5. The van der Waals surface area contributed by atoms with Gasteiger partial charge in [-0.2, -0.15) is 0 Å². The van der Waals surface area contributed by atoms with Gasteiger partial charge in [0.05, 0.1) is 11.5 Å². The van der Waals surface area contributed by atoms with Gasteiger partial charge in [0.1, 0.15) is 5.82 Å². The second kappa shape index (κ2) is 7.22. The van der Waals surface area contributed by atoms with Gasteiger partial charge in [0.2, 0.25) is 0 Å². The number of nitrogens with zero attached hydrogens (tertiary/aromatic N) is 1. The second-order valence-corrected chi connectivity index (χ2v) is 7.75. The van der Waals surface area contributed by atoms with Crippen molar-refractivity contribution in [2.24, 2.45) is 0 Å². The third-order valence-electron chi connectivity index (χ3n) is 3.68. The molecule has 0 spiro atoms. The highest BCUT2D eigenvalue weighted by molar-refractivity contribution is 7.91. The van der Waals surface area contributed by atoms with Gasteiger partial charge in [-0.25, -0.2) is 12.8 Å². The number of hydrogen-bond acceptors (Lipinski definition) is 4. The van der Waals surface area contributed by atoms with Crippen molar-refractivity contribution in [3.8, 4) is 0 Å². The van der Waals surface area contributed by atoms with E-state index in [0.717, 1.165) is 24.2 Å². The highest BCUT2D eigenvalue weighted by Gasteiger charge is 2.21. The van der Waals surface area contributed by atoms with Crippen LogP contribution in [0.5, 0.6) is 0 Å². The molecule has 0 amide bonds. The van der Waals surface area contributed by atoms with E-state index in [1.807, 2.05) is 0 Å². The van der Waals surface area contributed by atoms with Crippen LogP contribution in [0, 0.1) is 5.82 Å². The van der Waals surface area contributed by atoms with Crippen molar-refractivity contribution in [2.75, 3.05) is 36.0 Å². The minimum atomic E-state index is -2.93. The minimum absolute atomic E-state index is 0.173. The SMILES string of the molecule is CCCNCc1cc(F)ccc1N1CCCS(=O)(=O)CC1. The first-order chi connectivity index (χ1) is 10.0. The van der Waals surface area contributed by atoms with E-state index < -0.39 is 9.84 Å². The van der Waals surface area contributed by atoms with E-state index in [4.69, 9.17) is 0 Å². The van der Waals surface area contributed by atoms with Gasteiger partial charge < -0.3 is 10.2 Å². The normalized spacial score (nSPS) is 18.5. The number of hydrogen-bond donors (Lipinski definition) is 1. The minimum Gasteiger partial charge on any atom is -0.370 e. The summed E-state index contributed by atoms with van der Waals surface area (Å²) in [6, 6.07) is 4.74. The molecule has 0 unspecified atom stereocenters. The van der Waals surface area contributed by atoms with Crippen molar-refractivity contribution < 1.29 is 12.8 Å². The number of sulfone groups is 1. The summed E-state index contributed by atoms with van der Waals surface area (Å²) >= 11 is 0. The average Bonchev–Trinajstić information content (AvgIpc) is 2.60. The Hall–Kier alpha value is -1.14. The second-order valence-electron chi connectivity index (χ2n) is 5.44. The summed E-state index contributed by atoms with van der Waals surface area (Å²) < 4.78 is 36.9. The Balaban J connectivity index is 2.17. The number of anilines is 1. The first-order valence-corrected chi connectivity index (χ1v) is 9.28. The topological polar surface area (TPSA) is 49.4 Å². The summed E-state index contributed by atoms with van der Waals surface area (Å²) in [6.07, 6.45) is 1.65. The largest absolute Gasteiger partial charge is 0.370 e. The lowest BCUT2D eigenvalue weighted by atomic mass is 10.1. The molecule has 0 bridgehead atoms. The number of nitrogens with one attached hydrogen (secondary N) is 1. The molecule has 1 heterocycles. The van der Waals surface area contributed by atoms with Gasteiger partial charge in [-0.15, -0.1) is 0 Å². The summed E-state index contributed by atoms with van der Waals surface area (Å²) in [6.45, 7) is 4.74. The zero-order valence-electron chi connectivity index (χ0n) is 12.4. The molecule has 1 saturated heterocycles. The molecule has 118 valence electrons. The quantitative estimate of drug-likeness (QED) is 0.844. The van der Waals surface area contributed by atoms with Crippen LogP contribution in [0.15, 0.2) is 18.2 Å². The van der Waals surface area contributed by atoms with Crippen LogP contribution in [0.25, 0.3) is 0 Å². The van der Waals surface area contributed by atoms with Crippen LogP contribution in [0.4, 0.5) is 10.1 Å². The highest BCUT2D eigenvalue weighted by atomic mass is 32.2. The van der Waals surface area contributed by atoms with Crippen molar-refractivity contribution in [1.29, 1.82) is 0 Å². The van der Waals surface area contributed by atoms with E-state index in [-0.39, 0.29) is 17.3 Å². The number of benzene rings is 1. The van der Waals surface area contributed by atoms with Crippen molar-refractivity contribution in [2.45, 2.75) is 26.3 Å². The molecule has 0 atom stereocenters. The molecule has 1 aliphatic rings. The maximum Gasteiger partial charge on any atom is 0.152 e. The van der Waals surface area contributed by atoms with E-state index in [1.54, 1.807) is 6.07 Å². The molecule has 4 nitrogen and oxygen atoms in total. The molecule has 21 heavy (non-hydrogen) atoms. The predicted octanol–water partition coefficient (Wildman–Crippen LogP) is 1.95. The Morgan fingerprint density at radius 2 is 2.10 bits per heavy atom. The third-order valence-corrected chi connectivity index (χ3v) is 5.40. The van der Waals surface area contributed by atoms with Crippen LogP contribution < -0.4 is 10.2 Å². The molecular weight excluding hydrogens is 291 g/mol. The summed E-state index contributed by atoms with van der Waals surface area (Å²) in [5.74, 6) is 0.162. The van der Waals surface area contributed by atoms with Crippen LogP contribution in [0.1, 0.15) is 25.3 Å². The van der Waals surface area contributed by atoms with E-state index >= 15 is 0 Å². The molecular formula is C15H23FN2O2S. The van der Waals surface area contributed by atoms with Gasteiger partial charge in [0, 0.05) is 25.3 Å². The van der Waals surface area contributed by atoms with Crippen LogP contribution >= 0.6 is 0 Å². The maximum atomic E-state index is 13.5. The molecule has 0 aliphatic carbocycles. The van der Waals surface area contributed by atoms with Crippen LogP contribution in [0.2, 0.25) is 0 Å².